The van der Waals surface area contributed by atoms with Crippen LogP contribution in [-0.2, 0) is 6.54 Å². The summed E-state index contributed by atoms with van der Waals surface area (Å²) in [6.45, 7) is 4.46. The first-order valence-electron chi connectivity index (χ1n) is 7.80. The third-order valence-corrected chi connectivity index (χ3v) is 4.52. The zero-order valence-corrected chi connectivity index (χ0v) is 14.3. The number of hydrogen-bond acceptors (Lipinski definition) is 3. The van der Waals surface area contributed by atoms with Crippen LogP contribution in [-0.4, -0.2) is 5.11 Å². The highest BCUT2D eigenvalue weighted by Gasteiger charge is 2.14. The summed E-state index contributed by atoms with van der Waals surface area (Å²) in [5.41, 5.74) is 2.63. The third kappa shape index (κ3) is 3.30. The van der Waals surface area contributed by atoms with E-state index in [0.717, 1.165) is 16.5 Å². The predicted octanol–water partition coefficient (Wildman–Crippen LogP) is 3.29. The molecular formula is C19H19ClNO3+. The second kappa shape index (κ2) is 6.67. The number of aromatic hydroxyl groups is 1. The number of hydrogen-bond donors (Lipinski definition) is 2. The van der Waals surface area contributed by atoms with Gasteiger partial charge in [-0.3, -0.25) is 0 Å². The summed E-state index contributed by atoms with van der Waals surface area (Å²) in [7, 11) is 0. The molecule has 4 nitrogen and oxygen atoms in total. The highest BCUT2D eigenvalue weighted by atomic mass is 35.5. The fourth-order valence-corrected chi connectivity index (χ4v) is 3.01. The lowest BCUT2D eigenvalue weighted by atomic mass is 10.0. The molecule has 124 valence electrons. The molecule has 0 radical (unpaired) electrons. The van der Waals surface area contributed by atoms with Crippen molar-refractivity contribution in [2.24, 2.45) is 0 Å². The smallest absolute Gasteiger partial charge is 0.336 e. The summed E-state index contributed by atoms with van der Waals surface area (Å²) in [6, 6.07) is 12.9. The van der Waals surface area contributed by atoms with Crippen LogP contribution in [0.1, 0.15) is 29.7 Å². The standard InChI is InChI=1S/C19H18ClNO3/c1-11-17(22)7-6-16-14(9-18(23)24-19(11)16)10-21-12(2)13-4-3-5-15(20)8-13/h3-9,12,21-22H,10H2,1-2H3/p+1/t12-/m0/s1. The Hall–Kier alpha value is -2.30. The molecule has 0 saturated carbocycles. The molecule has 0 saturated heterocycles. The lowest BCUT2D eigenvalue weighted by molar-refractivity contribution is -0.707. The van der Waals surface area contributed by atoms with Crippen molar-refractivity contribution in [2.75, 3.05) is 0 Å². The molecule has 3 N–H and O–H groups in total. The van der Waals surface area contributed by atoms with E-state index in [1.54, 1.807) is 19.1 Å². The highest BCUT2D eigenvalue weighted by molar-refractivity contribution is 6.30. The van der Waals surface area contributed by atoms with Gasteiger partial charge < -0.3 is 14.8 Å². The number of nitrogens with two attached hydrogens (primary N) is 1. The Kier molecular flexibility index (Phi) is 4.60. The van der Waals surface area contributed by atoms with Crippen LogP contribution in [0.4, 0.5) is 0 Å². The number of quaternary nitrogens is 1. The van der Waals surface area contributed by atoms with E-state index in [-0.39, 0.29) is 11.8 Å². The van der Waals surface area contributed by atoms with Gasteiger partial charge in [0.1, 0.15) is 23.9 Å². The minimum atomic E-state index is -0.407. The second-order valence-electron chi connectivity index (χ2n) is 5.96. The van der Waals surface area contributed by atoms with Gasteiger partial charge in [0, 0.05) is 33.2 Å². The van der Waals surface area contributed by atoms with E-state index >= 15 is 0 Å². The number of phenols is 1. The van der Waals surface area contributed by atoms with Crippen molar-refractivity contribution in [1.82, 2.24) is 0 Å². The van der Waals surface area contributed by atoms with Crippen molar-refractivity contribution in [3.63, 3.8) is 0 Å². The highest BCUT2D eigenvalue weighted by Crippen LogP contribution is 2.27. The molecule has 3 aromatic rings. The first-order valence-corrected chi connectivity index (χ1v) is 8.17. The van der Waals surface area contributed by atoms with Gasteiger partial charge in [-0.2, -0.15) is 0 Å². The monoisotopic (exact) mass is 344 g/mol. The van der Waals surface area contributed by atoms with Crippen LogP contribution in [0.5, 0.6) is 5.75 Å². The van der Waals surface area contributed by atoms with Crippen LogP contribution in [0.25, 0.3) is 11.0 Å². The van der Waals surface area contributed by atoms with Crippen LogP contribution in [0, 0.1) is 6.92 Å². The Morgan fingerprint density at radius 1 is 1.25 bits per heavy atom. The summed E-state index contributed by atoms with van der Waals surface area (Å²) < 4.78 is 5.27. The summed E-state index contributed by atoms with van der Waals surface area (Å²) in [5, 5.41) is 13.5. The molecule has 0 aliphatic heterocycles. The molecule has 0 aliphatic rings. The van der Waals surface area contributed by atoms with Gasteiger partial charge >= 0.3 is 5.63 Å². The van der Waals surface area contributed by atoms with E-state index in [1.807, 2.05) is 24.3 Å². The average Bonchev–Trinajstić information content (AvgIpc) is 2.56. The Bertz CT molecular complexity index is 949. The molecule has 0 bridgehead atoms. The number of benzene rings is 2. The molecule has 0 unspecified atom stereocenters. The largest absolute Gasteiger partial charge is 0.508 e. The van der Waals surface area contributed by atoms with Gasteiger partial charge in [0.2, 0.25) is 0 Å². The maximum atomic E-state index is 11.8. The molecule has 5 heteroatoms. The Morgan fingerprint density at radius 3 is 2.79 bits per heavy atom. The fourth-order valence-electron chi connectivity index (χ4n) is 2.81. The maximum absolute atomic E-state index is 11.8. The molecule has 1 heterocycles. The lowest BCUT2D eigenvalue weighted by Gasteiger charge is -2.13. The zero-order valence-electron chi connectivity index (χ0n) is 13.5. The van der Waals surface area contributed by atoms with Gasteiger partial charge in [0.25, 0.3) is 0 Å². The van der Waals surface area contributed by atoms with Gasteiger partial charge in [-0.1, -0.05) is 23.7 Å². The van der Waals surface area contributed by atoms with Crippen molar-refractivity contribution in [3.8, 4) is 5.75 Å². The topological polar surface area (TPSA) is 67.1 Å². The SMILES string of the molecule is Cc1c(O)ccc2c(C[NH2+][C@@H](C)c3cccc(Cl)c3)cc(=O)oc12. The Labute approximate surface area is 144 Å². The van der Waals surface area contributed by atoms with Gasteiger partial charge in [-0.15, -0.1) is 0 Å². The predicted molar refractivity (Wildman–Crippen MR) is 94.4 cm³/mol. The molecule has 24 heavy (non-hydrogen) atoms. The summed E-state index contributed by atoms with van der Waals surface area (Å²) >= 11 is 6.05. The molecular weight excluding hydrogens is 326 g/mol. The van der Waals surface area contributed by atoms with Crippen LogP contribution >= 0.6 is 11.6 Å². The van der Waals surface area contributed by atoms with Gasteiger partial charge in [-0.25, -0.2) is 4.79 Å². The molecule has 2 aromatic carbocycles. The quantitative estimate of drug-likeness (QED) is 0.714. The van der Waals surface area contributed by atoms with Crippen LogP contribution in [0.15, 0.2) is 51.7 Å². The third-order valence-electron chi connectivity index (χ3n) is 4.28. The van der Waals surface area contributed by atoms with Crippen LogP contribution in [0.3, 0.4) is 0 Å². The minimum absolute atomic E-state index is 0.124. The molecule has 1 aromatic heterocycles. The van der Waals surface area contributed by atoms with E-state index in [2.05, 4.69) is 12.2 Å². The number of aryl methyl sites for hydroxylation is 1. The van der Waals surface area contributed by atoms with Crippen LogP contribution in [0.2, 0.25) is 5.02 Å². The van der Waals surface area contributed by atoms with E-state index in [1.165, 1.54) is 6.07 Å². The first-order chi connectivity index (χ1) is 11.5. The van der Waals surface area contributed by atoms with E-state index < -0.39 is 5.63 Å². The molecule has 0 spiro atoms. The van der Waals surface area contributed by atoms with Crippen molar-refractivity contribution in [1.29, 1.82) is 0 Å². The first kappa shape index (κ1) is 16.6. The normalized spacial score (nSPS) is 12.5. The summed E-state index contributed by atoms with van der Waals surface area (Å²) in [6.07, 6.45) is 0. The molecule has 0 fully saturated rings. The van der Waals surface area contributed by atoms with E-state index in [9.17, 15) is 9.90 Å². The Morgan fingerprint density at radius 2 is 2.04 bits per heavy atom. The van der Waals surface area contributed by atoms with Gasteiger partial charge in [0.15, 0.2) is 0 Å². The number of fused-ring (bicyclic) bond motifs is 1. The van der Waals surface area contributed by atoms with Crippen LogP contribution < -0.4 is 10.9 Å². The number of phenolic OH excluding ortho intramolecular Hbond substituents is 1. The fraction of sp³-hybridized carbons (Fsp3) is 0.211. The van der Waals surface area contributed by atoms with Gasteiger partial charge in [0.05, 0.1) is 0 Å². The molecule has 0 amide bonds. The maximum Gasteiger partial charge on any atom is 0.336 e. The minimum Gasteiger partial charge on any atom is -0.508 e. The number of rotatable bonds is 4. The van der Waals surface area contributed by atoms with Crippen molar-refractivity contribution >= 4 is 22.6 Å². The summed E-state index contributed by atoms with van der Waals surface area (Å²) in [5.74, 6) is 0.124. The Balaban J connectivity index is 1.90. The molecule has 3 rings (SSSR count). The zero-order chi connectivity index (χ0) is 17.3. The molecule has 1 atom stereocenters. The second-order valence-corrected chi connectivity index (χ2v) is 6.40. The van der Waals surface area contributed by atoms with E-state index in [4.69, 9.17) is 16.0 Å². The van der Waals surface area contributed by atoms with Crippen molar-refractivity contribution in [2.45, 2.75) is 26.4 Å². The van der Waals surface area contributed by atoms with Crippen molar-refractivity contribution in [3.05, 3.63) is 74.6 Å². The number of halogens is 1. The van der Waals surface area contributed by atoms with Gasteiger partial charge in [-0.05, 0) is 38.1 Å². The van der Waals surface area contributed by atoms with E-state index in [0.29, 0.717) is 22.7 Å². The average molecular weight is 345 g/mol. The molecule has 0 aliphatic carbocycles. The lowest BCUT2D eigenvalue weighted by Crippen LogP contribution is -2.83. The summed E-state index contributed by atoms with van der Waals surface area (Å²) in [4.78, 5) is 11.8. The van der Waals surface area contributed by atoms with Crippen molar-refractivity contribution < 1.29 is 14.8 Å².